The van der Waals surface area contributed by atoms with Crippen molar-refractivity contribution >= 4 is 11.6 Å². The molecule has 6 heteroatoms. The lowest BCUT2D eigenvalue weighted by Crippen LogP contribution is -2.57. The van der Waals surface area contributed by atoms with Crippen LogP contribution in [-0.2, 0) is 4.79 Å². The van der Waals surface area contributed by atoms with Crippen molar-refractivity contribution in [3.63, 3.8) is 0 Å². The van der Waals surface area contributed by atoms with Crippen molar-refractivity contribution in [3.05, 3.63) is 30.1 Å². The van der Waals surface area contributed by atoms with Crippen molar-refractivity contribution in [2.75, 3.05) is 63.8 Å². The number of halogens is 1. The molecule has 1 aromatic rings. The second kappa shape index (κ2) is 8.15. The van der Waals surface area contributed by atoms with Gasteiger partial charge in [-0.1, -0.05) is 19.1 Å². The monoisotopic (exact) mass is 348 g/mol. The van der Waals surface area contributed by atoms with Gasteiger partial charge in [-0.05, 0) is 25.6 Å². The first kappa shape index (κ1) is 18.1. The van der Waals surface area contributed by atoms with E-state index in [1.165, 1.54) is 6.07 Å². The molecule has 138 valence electrons. The summed E-state index contributed by atoms with van der Waals surface area (Å²) in [6, 6.07) is 6.81. The Bertz CT molecular complexity index is 581. The van der Waals surface area contributed by atoms with Gasteiger partial charge in [0.15, 0.2) is 0 Å². The maximum absolute atomic E-state index is 13.9. The molecule has 0 spiro atoms. The first-order chi connectivity index (χ1) is 12.1. The van der Waals surface area contributed by atoms with Gasteiger partial charge in [-0.2, -0.15) is 0 Å². The zero-order valence-electron chi connectivity index (χ0n) is 15.3. The molecule has 0 bridgehead atoms. The molecular formula is C19H29FN4O. The van der Waals surface area contributed by atoms with Crippen LogP contribution >= 0.6 is 0 Å². The van der Waals surface area contributed by atoms with Crippen LogP contribution in [0.15, 0.2) is 24.3 Å². The molecular weight excluding hydrogens is 319 g/mol. The molecule has 2 saturated heterocycles. The van der Waals surface area contributed by atoms with Gasteiger partial charge in [-0.15, -0.1) is 0 Å². The highest BCUT2D eigenvalue weighted by molar-refractivity contribution is 5.81. The summed E-state index contributed by atoms with van der Waals surface area (Å²) < 4.78 is 13.9. The molecule has 0 aliphatic carbocycles. The third-order valence-electron chi connectivity index (χ3n) is 5.54. The molecule has 1 atom stereocenters. The van der Waals surface area contributed by atoms with Crippen LogP contribution in [0.4, 0.5) is 10.1 Å². The highest BCUT2D eigenvalue weighted by Gasteiger charge is 2.30. The summed E-state index contributed by atoms with van der Waals surface area (Å²) >= 11 is 0. The summed E-state index contributed by atoms with van der Waals surface area (Å²) in [5.74, 6) is 0.0592. The fourth-order valence-corrected chi connectivity index (χ4v) is 3.76. The highest BCUT2D eigenvalue weighted by Crippen LogP contribution is 2.21. The molecule has 25 heavy (non-hydrogen) atoms. The summed E-state index contributed by atoms with van der Waals surface area (Å²) in [5, 5.41) is 0. The smallest absolute Gasteiger partial charge is 0.239 e. The van der Waals surface area contributed by atoms with E-state index in [4.69, 9.17) is 0 Å². The fourth-order valence-electron chi connectivity index (χ4n) is 3.76. The van der Waals surface area contributed by atoms with E-state index in [2.05, 4.69) is 21.6 Å². The molecule has 0 aromatic heterocycles. The topological polar surface area (TPSA) is 30.0 Å². The molecule has 1 amide bonds. The van der Waals surface area contributed by atoms with Crippen LogP contribution in [0.2, 0.25) is 0 Å². The van der Waals surface area contributed by atoms with E-state index >= 15 is 0 Å². The Balaban J connectivity index is 1.52. The first-order valence-electron chi connectivity index (χ1n) is 9.35. The fraction of sp³-hybridized carbons (Fsp3) is 0.632. The number of hydrogen-bond acceptors (Lipinski definition) is 4. The normalized spacial score (nSPS) is 21.4. The molecule has 5 nitrogen and oxygen atoms in total. The van der Waals surface area contributed by atoms with E-state index < -0.39 is 0 Å². The van der Waals surface area contributed by atoms with Crippen molar-refractivity contribution in [1.82, 2.24) is 14.7 Å². The maximum atomic E-state index is 13.9. The Morgan fingerprint density at radius 3 is 2.28 bits per heavy atom. The average molecular weight is 348 g/mol. The Kier molecular flexibility index (Phi) is 5.91. The van der Waals surface area contributed by atoms with Gasteiger partial charge in [-0.25, -0.2) is 4.39 Å². The second-order valence-electron chi connectivity index (χ2n) is 6.91. The third-order valence-corrected chi connectivity index (χ3v) is 5.54. The van der Waals surface area contributed by atoms with Crippen LogP contribution in [0.3, 0.4) is 0 Å². The van der Waals surface area contributed by atoms with Crippen molar-refractivity contribution in [3.8, 4) is 0 Å². The van der Waals surface area contributed by atoms with Gasteiger partial charge in [0.2, 0.25) is 5.91 Å². The van der Waals surface area contributed by atoms with Crippen LogP contribution in [0.1, 0.15) is 13.8 Å². The SMILES string of the molecule is CCN1CCN(C(=O)[C@@H](C)N2CCN(c3ccccc3F)CC2)CC1. The Labute approximate surface area is 150 Å². The number of anilines is 1. The number of carbonyl (C=O) groups excluding carboxylic acids is 1. The van der Waals surface area contributed by atoms with Gasteiger partial charge in [0, 0.05) is 52.4 Å². The summed E-state index contributed by atoms with van der Waals surface area (Å²) in [4.78, 5) is 21.5. The van der Waals surface area contributed by atoms with Gasteiger partial charge in [0.1, 0.15) is 5.82 Å². The van der Waals surface area contributed by atoms with E-state index in [9.17, 15) is 9.18 Å². The number of rotatable bonds is 4. The second-order valence-corrected chi connectivity index (χ2v) is 6.91. The van der Waals surface area contributed by atoms with Crippen LogP contribution in [0.25, 0.3) is 0 Å². The van der Waals surface area contributed by atoms with Gasteiger partial charge < -0.3 is 14.7 Å². The van der Waals surface area contributed by atoms with E-state index in [0.29, 0.717) is 5.69 Å². The van der Waals surface area contributed by atoms with Crippen molar-refractivity contribution in [2.24, 2.45) is 0 Å². The predicted octanol–water partition coefficient (Wildman–Crippen LogP) is 1.50. The number of piperazine rings is 2. The first-order valence-corrected chi connectivity index (χ1v) is 9.35. The highest BCUT2D eigenvalue weighted by atomic mass is 19.1. The minimum atomic E-state index is -0.172. The number of benzene rings is 1. The van der Waals surface area contributed by atoms with Gasteiger partial charge in [0.05, 0.1) is 11.7 Å². The minimum Gasteiger partial charge on any atom is -0.367 e. The molecule has 2 heterocycles. The number of carbonyl (C=O) groups is 1. The summed E-state index contributed by atoms with van der Waals surface area (Å²) in [7, 11) is 0. The van der Waals surface area contributed by atoms with Crippen molar-refractivity contribution in [1.29, 1.82) is 0 Å². The predicted molar refractivity (Wildman–Crippen MR) is 98.3 cm³/mol. The number of nitrogens with zero attached hydrogens (tertiary/aromatic N) is 4. The van der Waals surface area contributed by atoms with E-state index in [1.54, 1.807) is 6.07 Å². The molecule has 0 unspecified atom stereocenters. The molecule has 2 aliphatic heterocycles. The zero-order chi connectivity index (χ0) is 17.8. The lowest BCUT2D eigenvalue weighted by atomic mass is 10.1. The lowest BCUT2D eigenvalue weighted by molar-refractivity contribution is -0.138. The standard InChI is InChI=1S/C19H29FN4O/c1-3-21-8-10-24(11-9-21)19(25)16(2)22-12-14-23(15-13-22)18-7-5-4-6-17(18)20/h4-7,16H,3,8-15H2,1-2H3/t16-/m1/s1. The number of likely N-dealkylation sites (N-methyl/N-ethyl adjacent to an activating group) is 1. The van der Waals surface area contributed by atoms with Crippen molar-refractivity contribution in [2.45, 2.75) is 19.9 Å². The summed E-state index contributed by atoms with van der Waals surface area (Å²) in [6.45, 7) is 11.9. The van der Waals surface area contributed by atoms with E-state index in [0.717, 1.165) is 58.9 Å². The number of amides is 1. The van der Waals surface area contributed by atoms with Gasteiger partial charge in [-0.3, -0.25) is 9.69 Å². The van der Waals surface area contributed by atoms with Crippen LogP contribution < -0.4 is 4.90 Å². The Hall–Kier alpha value is -1.66. The molecule has 0 N–H and O–H groups in total. The third kappa shape index (κ3) is 4.12. The Morgan fingerprint density at radius 1 is 1.04 bits per heavy atom. The number of para-hydroxylation sites is 1. The van der Waals surface area contributed by atoms with Crippen LogP contribution in [0.5, 0.6) is 0 Å². The minimum absolute atomic E-state index is 0.101. The summed E-state index contributed by atoms with van der Waals surface area (Å²) in [5.41, 5.74) is 0.664. The molecule has 1 aromatic carbocycles. The Morgan fingerprint density at radius 2 is 1.68 bits per heavy atom. The molecule has 3 rings (SSSR count). The maximum Gasteiger partial charge on any atom is 0.239 e. The summed E-state index contributed by atoms with van der Waals surface area (Å²) in [6.07, 6.45) is 0. The van der Waals surface area contributed by atoms with Gasteiger partial charge in [0.25, 0.3) is 0 Å². The largest absolute Gasteiger partial charge is 0.367 e. The lowest BCUT2D eigenvalue weighted by Gasteiger charge is -2.41. The van der Waals surface area contributed by atoms with E-state index in [-0.39, 0.29) is 17.8 Å². The van der Waals surface area contributed by atoms with Gasteiger partial charge >= 0.3 is 0 Å². The zero-order valence-corrected chi connectivity index (χ0v) is 15.3. The van der Waals surface area contributed by atoms with E-state index in [1.807, 2.05) is 24.0 Å². The molecule has 2 aliphatic rings. The van der Waals surface area contributed by atoms with Crippen LogP contribution in [-0.4, -0.2) is 85.6 Å². The van der Waals surface area contributed by atoms with Crippen molar-refractivity contribution < 1.29 is 9.18 Å². The number of hydrogen-bond donors (Lipinski definition) is 0. The molecule has 2 fully saturated rings. The van der Waals surface area contributed by atoms with Crippen LogP contribution in [0, 0.1) is 5.82 Å². The quantitative estimate of drug-likeness (QED) is 0.825. The molecule has 0 saturated carbocycles. The molecule has 0 radical (unpaired) electrons. The average Bonchev–Trinajstić information content (AvgIpc) is 2.67.